The maximum absolute atomic E-state index is 13.0. The molecule has 0 aliphatic heterocycles. The van der Waals surface area contributed by atoms with Gasteiger partial charge in [-0.15, -0.1) is 10.2 Å². The first-order valence-electron chi connectivity index (χ1n) is 11.2. The maximum atomic E-state index is 13.0. The average molecular weight is 485 g/mol. The van der Waals surface area contributed by atoms with E-state index in [2.05, 4.69) is 15.5 Å². The topological polar surface area (TPSA) is 90.8 Å². The van der Waals surface area contributed by atoms with Crippen molar-refractivity contribution < 1.29 is 9.21 Å². The molecule has 3 heterocycles. The molecule has 3 aromatic heterocycles. The Kier molecular flexibility index (Phi) is 6.49. The summed E-state index contributed by atoms with van der Waals surface area (Å²) in [7, 11) is 0. The number of furan rings is 1. The van der Waals surface area contributed by atoms with E-state index in [0.29, 0.717) is 17.5 Å². The molecule has 5 rings (SSSR count). The number of aryl methyl sites for hydroxylation is 1. The molecule has 176 valence electrons. The van der Waals surface area contributed by atoms with Crippen molar-refractivity contribution in [3.05, 3.63) is 84.8 Å². The first-order valence-corrected chi connectivity index (χ1v) is 12.2. The van der Waals surface area contributed by atoms with E-state index >= 15 is 0 Å². The number of anilines is 1. The molecule has 1 N–H and O–H groups in total. The molecule has 0 fully saturated rings. The normalized spacial score (nSPS) is 11.0. The summed E-state index contributed by atoms with van der Waals surface area (Å²) in [5.41, 5.74) is 3.52. The first-order chi connectivity index (χ1) is 17.1. The van der Waals surface area contributed by atoms with Crippen molar-refractivity contribution in [2.24, 2.45) is 0 Å². The lowest BCUT2D eigenvalue weighted by molar-refractivity contribution is -0.113. The Morgan fingerprint density at radius 2 is 1.77 bits per heavy atom. The standard InChI is InChI=1S/C26H24N6O2S/c1-3-31-25(21-14-15-34-18(21)2)28-29-26(31)35-17-24(33)27-23-16-22(19-10-6-4-7-11-19)30-32(23)20-12-8-5-9-13-20/h4-16H,3,17H2,1-2H3,(H,27,33). The maximum Gasteiger partial charge on any atom is 0.236 e. The fourth-order valence-corrected chi connectivity index (χ4v) is 4.59. The number of nitrogens with zero attached hydrogens (tertiary/aromatic N) is 5. The molecule has 0 aliphatic carbocycles. The van der Waals surface area contributed by atoms with Crippen LogP contribution < -0.4 is 5.32 Å². The molecule has 0 saturated carbocycles. The molecule has 1 amide bonds. The van der Waals surface area contributed by atoms with Gasteiger partial charge in [-0.3, -0.25) is 4.79 Å². The van der Waals surface area contributed by atoms with E-state index in [1.165, 1.54) is 11.8 Å². The van der Waals surface area contributed by atoms with Gasteiger partial charge in [-0.2, -0.15) is 5.10 Å². The smallest absolute Gasteiger partial charge is 0.236 e. The second-order valence-corrected chi connectivity index (χ2v) is 8.75. The molecule has 0 atom stereocenters. The van der Waals surface area contributed by atoms with Gasteiger partial charge in [0, 0.05) is 18.2 Å². The Bertz CT molecular complexity index is 1440. The summed E-state index contributed by atoms with van der Waals surface area (Å²) in [5, 5.41) is 17.1. The molecule has 5 aromatic rings. The number of carbonyl (C=O) groups is 1. The lowest BCUT2D eigenvalue weighted by atomic mass is 10.2. The molecule has 0 aliphatic rings. The molecule has 0 spiro atoms. The third kappa shape index (κ3) is 4.76. The van der Waals surface area contributed by atoms with Gasteiger partial charge < -0.3 is 14.3 Å². The quantitative estimate of drug-likeness (QED) is 0.295. The number of para-hydroxylation sites is 1. The molecule has 0 saturated heterocycles. The average Bonchev–Trinajstić information content (AvgIpc) is 3.61. The lowest BCUT2D eigenvalue weighted by Gasteiger charge is -2.09. The summed E-state index contributed by atoms with van der Waals surface area (Å²) >= 11 is 1.34. The minimum atomic E-state index is -0.154. The molecule has 0 bridgehead atoms. The van der Waals surface area contributed by atoms with Gasteiger partial charge in [-0.05, 0) is 32.0 Å². The minimum Gasteiger partial charge on any atom is -0.469 e. The highest BCUT2D eigenvalue weighted by molar-refractivity contribution is 7.99. The van der Waals surface area contributed by atoms with E-state index in [1.54, 1.807) is 10.9 Å². The van der Waals surface area contributed by atoms with Crippen LogP contribution in [0, 0.1) is 6.92 Å². The van der Waals surface area contributed by atoms with Crippen LogP contribution in [0.3, 0.4) is 0 Å². The van der Waals surface area contributed by atoms with Crippen LogP contribution in [0.25, 0.3) is 28.3 Å². The number of thioether (sulfide) groups is 1. The van der Waals surface area contributed by atoms with Crippen LogP contribution in [0.5, 0.6) is 0 Å². The van der Waals surface area contributed by atoms with Crippen LogP contribution >= 0.6 is 11.8 Å². The predicted molar refractivity (Wildman–Crippen MR) is 136 cm³/mol. The summed E-state index contributed by atoms with van der Waals surface area (Å²) in [6.45, 7) is 4.60. The minimum absolute atomic E-state index is 0.154. The molecule has 0 radical (unpaired) electrons. The van der Waals surface area contributed by atoms with Crippen LogP contribution in [0.1, 0.15) is 12.7 Å². The molecule has 2 aromatic carbocycles. The zero-order chi connectivity index (χ0) is 24.2. The van der Waals surface area contributed by atoms with Crippen molar-refractivity contribution in [3.63, 3.8) is 0 Å². The van der Waals surface area contributed by atoms with Gasteiger partial charge in [0.05, 0.1) is 29.0 Å². The predicted octanol–water partition coefficient (Wildman–Crippen LogP) is 5.45. The largest absolute Gasteiger partial charge is 0.469 e. The Morgan fingerprint density at radius 3 is 2.46 bits per heavy atom. The highest BCUT2D eigenvalue weighted by atomic mass is 32.2. The molecule has 0 unspecified atom stereocenters. The van der Waals surface area contributed by atoms with Gasteiger partial charge in [0.2, 0.25) is 5.91 Å². The second kappa shape index (κ2) is 10.0. The Hall–Kier alpha value is -4.11. The van der Waals surface area contributed by atoms with Crippen LogP contribution in [-0.2, 0) is 11.3 Å². The monoisotopic (exact) mass is 484 g/mol. The number of benzene rings is 2. The van der Waals surface area contributed by atoms with Gasteiger partial charge in [0.15, 0.2) is 11.0 Å². The SMILES string of the molecule is CCn1c(SCC(=O)Nc2cc(-c3ccccc3)nn2-c2ccccc2)nnc1-c1ccoc1C. The fourth-order valence-electron chi connectivity index (χ4n) is 3.79. The van der Waals surface area contributed by atoms with Crippen molar-refractivity contribution in [2.75, 3.05) is 11.1 Å². The van der Waals surface area contributed by atoms with Crippen molar-refractivity contribution in [2.45, 2.75) is 25.5 Å². The van der Waals surface area contributed by atoms with E-state index in [9.17, 15) is 4.79 Å². The highest BCUT2D eigenvalue weighted by Gasteiger charge is 2.18. The number of amides is 1. The van der Waals surface area contributed by atoms with Crippen molar-refractivity contribution in [1.82, 2.24) is 24.5 Å². The van der Waals surface area contributed by atoms with Crippen LogP contribution in [-0.4, -0.2) is 36.2 Å². The van der Waals surface area contributed by atoms with E-state index in [1.807, 2.05) is 91.2 Å². The lowest BCUT2D eigenvalue weighted by Crippen LogP contribution is -2.17. The number of rotatable bonds is 8. The summed E-state index contributed by atoms with van der Waals surface area (Å²) in [5.74, 6) is 2.15. The summed E-state index contributed by atoms with van der Waals surface area (Å²) in [6, 6.07) is 23.4. The van der Waals surface area contributed by atoms with Crippen LogP contribution in [0.2, 0.25) is 0 Å². The number of hydrogen-bond acceptors (Lipinski definition) is 6. The number of hydrogen-bond donors (Lipinski definition) is 1. The van der Waals surface area contributed by atoms with E-state index in [-0.39, 0.29) is 11.7 Å². The molecule has 8 nitrogen and oxygen atoms in total. The van der Waals surface area contributed by atoms with Gasteiger partial charge in [-0.1, -0.05) is 60.3 Å². The highest BCUT2D eigenvalue weighted by Crippen LogP contribution is 2.28. The van der Waals surface area contributed by atoms with Crippen molar-refractivity contribution >= 4 is 23.5 Å². The molecular weight excluding hydrogens is 460 g/mol. The van der Waals surface area contributed by atoms with E-state index in [4.69, 9.17) is 9.52 Å². The number of aromatic nitrogens is 5. The zero-order valence-corrected chi connectivity index (χ0v) is 20.2. The van der Waals surface area contributed by atoms with Crippen molar-refractivity contribution in [3.8, 4) is 28.3 Å². The van der Waals surface area contributed by atoms with Crippen molar-refractivity contribution in [1.29, 1.82) is 0 Å². The zero-order valence-electron chi connectivity index (χ0n) is 19.4. The molecule has 35 heavy (non-hydrogen) atoms. The molecule has 9 heteroatoms. The van der Waals surface area contributed by atoms with Crippen LogP contribution in [0.4, 0.5) is 5.82 Å². The van der Waals surface area contributed by atoms with E-state index < -0.39 is 0 Å². The fraction of sp³-hybridized carbons (Fsp3) is 0.154. The Labute approximate surface area is 207 Å². The van der Waals surface area contributed by atoms with E-state index in [0.717, 1.165) is 34.1 Å². The summed E-state index contributed by atoms with van der Waals surface area (Å²) in [4.78, 5) is 13.0. The molecular formula is C26H24N6O2S. The summed E-state index contributed by atoms with van der Waals surface area (Å²) in [6.07, 6.45) is 1.64. The van der Waals surface area contributed by atoms with Gasteiger partial charge in [-0.25, -0.2) is 4.68 Å². The second-order valence-electron chi connectivity index (χ2n) is 7.81. The van der Waals surface area contributed by atoms with Gasteiger partial charge in [0.1, 0.15) is 11.6 Å². The van der Waals surface area contributed by atoms with Gasteiger partial charge >= 0.3 is 0 Å². The third-order valence-corrected chi connectivity index (χ3v) is 6.48. The number of nitrogens with one attached hydrogen (secondary N) is 1. The first kappa shape index (κ1) is 22.7. The Balaban J connectivity index is 1.35. The number of carbonyl (C=O) groups excluding carboxylic acids is 1. The summed E-state index contributed by atoms with van der Waals surface area (Å²) < 4.78 is 9.15. The van der Waals surface area contributed by atoms with Gasteiger partial charge in [0.25, 0.3) is 0 Å². The third-order valence-electron chi connectivity index (χ3n) is 5.51. The van der Waals surface area contributed by atoms with Crippen LogP contribution in [0.15, 0.2) is 88.6 Å². The Morgan fingerprint density at radius 1 is 1.03 bits per heavy atom.